The third-order valence-corrected chi connectivity index (χ3v) is 2.17. The van der Waals surface area contributed by atoms with E-state index >= 15 is 0 Å². The first-order valence-electron chi connectivity index (χ1n) is 3.42. The topological polar surface area (TPSA) is 18.5 Å². The van der Waals surface area contributed by atoms with Gasteiger partial charge in [0.05, 0.1) is 18.7 Å². The predicted octanol–water partition coefficient (Wildman–Crippen LogP) is 2.65. The van der Waals surface area contributed by atoms with Gasteiger partial charge in [0.25, 0.3) is 0 Å². The lowest BCUT2D eigenvalue weighted by Crippen LogP contribution is -1.90. The van der Waals surface area contributed by atoms with Gasteiger partial charge in [-0.05, 0) is 34.5 Å². The van der Waals surface area contributed by atoms with Crippen LogP contribution in [0.25, 0.3) is 0 Å². The molecule has 0 saturated heterocycles. The number of hydrogen-bond donors (Lipinski definition) is 0. The lowest BCUT2D eigenvalue weighted by molar-refractivity contribution is 0.391. The zero-order chi connectivity index (χ0) is 9.14. The summed E-state index contributed by atoms with van der Waals surface area (Å²) in [6.45, 7) is 3.82. The molecular formula is C9H10BrO2. The molecule has 0 saturated carbocycles. The Bertz CT molecular complexity index is 259. The van der Waals surface area contributed by atoms with E-state index in [1.165, 1.54) is 0 Å². The van der Waals surface area contributed by atoms with Gasteiger partial charge in [-0.25, -0.2) is 0 Å². The highest BCUT2D eigenvalue weighted by Gasteiger charge is 2.05. The summed E-state index contributed by atoms with van der Waals surface area (Å²) in [4.78, 5) is 0. The first kappa shape index (κ1) is 9.39. The van der Waals surface area contributed by atoms with Crippen molar-refractivity contribution >= 4 is 15.9 Å². The Hall–Kier alpha value is -0.700. The van der Waals surface area contributed by atoms with Crippen LogP contribution >= 0.6 is 15.9 Å². The molecule has 0 atom stereocenters. The average Bonchev–Trinajstić information content (AvgIpc) is 2.05. The third-order valence-electron chi connectivity index (χ3n) is 1.55. The van der Waals surface area contributed by atoms with Crippen molar-refractivity contribution in [1.29, 1.82) is 0 Å². The molecule has 3 heteroatoms. The molecule has 0 spiro atoms. The van der Waals surface area contributed by atoms with Gasteiger partial charge in [0.2, 0.25) is 0 Å². The minimum Gasteiger partial charge on any atom is -0.496 e. The van der Waals surface area contributed by atoms with E-state index in [1.54, 1.807) is 20.3 Å². The Labute approximate surface area is 80.6 Å². The lowest BCUT2D eigenvalue weighted by atomic mass is 10.2. The van der Waals surface area contributed by atoms with Gasteiger partial charge in [0.1, 0.15) is 11.5 Å². The largest absolute Gasteiger partial charge is 0.496 e. The van der Waals surface area contributed by atoms with Crippen LogP contribution in [0.4, 0.5) is 0 Å². The molecule has 0 amide bonds. The SMILES string of the molecule is [CH2]c1cc(Br)c(OC)cc1OC. The summed E-state index contributed by atoms with van der Waals surface area (Å²) in [6.07, 6.45) is 0. The van der Waals surface area contributed by atoms with Crippen LogP contribution in [-0.2, 0) is 0 Å². The quantitative estimate of drug-likeness (QED) is 0.777. The van der Waals surface area contributed by atoms with Crippen LogP contribution in [0.15, 0.2) is 16.6 Å². The normalized spacial score (nSPS) is 9.67. The highest BCUT2D eigenvalue weighted by atomic mass is 79.9. The Balaban J connectivity index is 3.18. The van der Waals surface area contributed by atoms with Gasteiger partial charge < -0.3 is 9.47 Å². The molecule has 0 aliphatic carbocycles. The second-order valence-corrected chi connectivity index (χ2v) is 3.15. The van der Waals surface area contributed by atoms with Crippen molar-refractivity contribution in [3.63, 3.8) is 0 Å². The van der Waals surface area contributed by atoms with E-state index in [4.69, 9.17) is 9.47 Å². The average molecular weight is 230 g/mol. The zero-order valence-electron chi connectivity index (χ0n) is 7.06. The number of methoxy groups -OCH3 is 2. The molecule has 0 bridgehead atoms. The van der Waals surface area contributed by atoms with Crippen molar-refractivity contribution in [3.8, 4) is 11.5 Å². The Morgan fingerprint density at radius 2 is 1.75 bits per heavy atom. The molecule has 1 aromatic rings. The van der Waals surface area contributed by atoms with Crippen molar-refractivity contribution in [2.75, 3.05) is 14.2 Å². The molecule has 0 fully saturated rings. The fourth-order valence-corrected chi connectivity index (χ4v) is 1.48. The Morgan fingerprint density at radius 3 is 2.25 bits per heavy atom. The van der Waals surface area contributed by atoms with Crippen LogP contribution < -0.4 is 9.47 Å². The minimum atomic E-state index is 0.732. The second-order valence-electron chi connectivity index (χ2n) is 2.30. The molecular weight excluding hydrogens is 220 g/mol. The predicted molar refractivity (Wildman–Crippen MR) is 51.7 cm³/mol. The van der Waals surface area contributed by atoms with E-state index in [1.807, 2.05) is 6.07 Å². The number of benzene rings is 1. The van der Waals surface area contributed by atoms with Gasteiger partial charge in [0.15, 0.2) is 0 Å². The smallest absolute Gasteiger partial charge is 0.136 e. The molecule has 2 nitrogen and oxygen atoms in total. The van der Waals surface area contributed by atoms with Gasteiger partial charge in [-0.1, -0.05) is 0 Å². The molecule has 1 radical (unpaired) electrons. The summed E-state index contributed by atoms with van der Waals surface area (Å²) in [5.41, 5.74) is 0.838. The van der Waals surface area contributed by atoms with Crippen LogP contribution in [0.2, 0.25) is 0 Å². The van der Waals surface area contributed by atoms with E-state index in [0.717, 1.165) is 21.5 Å². The third kappa shape index (κ3) is 1.72. The summed E-state index contributed by atoms with van der Waals surface area (Å²) in [7, 11) is 3.22. The van der Waals surface area contributed by atoms with Crippen molar-refractivity contribution in [2.45, 2.75) is 0 Å². The highest BCUT2D eigenvalue weighted by Crippen LogP contribution is 2.31. The summed E-state index contributed by atoms with van der Waals surface area (Å²) in [5, 5.41) is 0. The number of rotatable bonds is 2. The van der Waals surface area contributed by atoms with Crippen LogP contribution in [0, 0.1) is 6.92 Å². The van der Waals surface area contributed by atoms with Gasteiger partial charge in [0, 0.05) is 6.07 Å². The van der Waals surface area contributed by atoms with Crippen molar-refractivity contribution in [2.24, 2.45) is 0 Å². The maximum atomic E-state index is 5.09. The van der Waals surface area contributed by atoms with Crippen molar-refractivity contribution in [3.05, 3.63) is 29.1 Å². The first-order valence-corrected chi connectivity index (χ1v) is 4.21. The maximum absolute atomic E-state index is 5.09. The number of halogens is 1. The summed E-state index contributed by atoms with van der Waals surface area (Å²) in [5.74, 6) is 1.48. The molecule has 0 unspecified atom stereocenters. The molecule has 0 heterocycles. The zero-order valence-corrected chi connectivity index (χ0v) is 8.64. The van der Waals surface area contributed by atoms with Gasteiger partial charge in [-0.3, -0.25) is 0 Å². The van der Waals surface area contributed by atoms with E-state index in [9.17, 15) is 0 Å². The Morgan fingerprint density at radius 1 is 1.17 bits per heavy atom. The first-order chi connectivity index (χ1) is 5.69. The van der Waals surface area contributed by atoms with Gasteiger partial charge in [-0.15, -0.1) is 0 Å². The highest BCUT2D eigenvalue weighted by molar-refractivity contribution is 9.10. The molecule has 1 rings (SSSR count). The molecule has 1 aromatic carbocycles. The molecule has 0 aliphatic heterocycles. The van der Waals surface area contributed by atoms with Crippen LogP contribution in [0.3, 0.4) is 0 Å². The molecule has 12 heavy (non-hydrogen) atoms. The van der Waals surface area contributed by atoms with Crippen molar-refractivity contribution < 1.29 is 9.47 Å². The van der Waals surface area contributed by atoms with E-state index in [-0.39, 0.29) is 0 Å². The van der Waals surface area contributed by atoms with Crippen LogP contribution in [0.5, 0.6) is 11.5 Å². The second kappa shape index (κ2) is 3.81. The summed E-state index contributed by atoms with van der Waals surface area (Å²) in [6, 6.07) is 3.66. The Kier molecular flexibility index (Phi) is 2.98. The molecule has 0 aliphatic rings. The van der Waals surface area contributed by atoms with Gasteiger partial charge >= 0.3 is 0 Å². The van der Waals surface area contributed by atoms with E-state index in [2.05, 4.69) is 22.9 Å². The summed E-state index contributed by atoms with van der Waals surface area (Å²) >= 11 is 3.35. The van der Waals surface area contributed by atoms with Crippen LogP contribution in [-0.4, -0.2) is 14.2 Å². The fraction of sp³-hybridized carbons (Fsp3) is 0.222. The maximum Gasteiger partial charge on any atom is 0.136 e. The monoisotopic (exact) mass is 229 g/mol. The van der Waals surface area contributed by atoms with Crippen LogP contribution in [0.1, 0.15) is 5.56 Å². The molecule has 65 valence electrons. The number of ether oxygens (including phenoxy) is 2. The molecule has 0 N–H and O–H groups in total. The lowest BCUT2D eigenvalue weighted by Gasteiger charge is -2.08. The summed E-state index contributed by atoms with van der Waals surface area (Å²) < 4.78 is 11.1. The molecule has 0 aromatic heterocycles. The van der Waals surface area contributed by atoms with E-state index < -0.39 is 0 Å². The number of hydrogen-bond acceptors (Lipinski definition) is 2. The van der Waals surface area contributed by atoms with Crippen molar-refractivity contribution in [1.82, 2.24) is 0 Å². The van der Waals surface area contributed by atoms with Gasteiger partial charge in [-0.2, -0.15) is 0 Å². The van der Waals surface area contributed by atoms with E-state index in [0.29, 0.717) is 0 Å². The standard InChI is InChI=1S/C9H10BrO2/c1-6-4-7(10)9(12-3)5-8(6)11-2/h4-5H,1H2,2-3H3. The minimum absolute atomic E-state index is 0.732. The fourth-order valence-electron chi connectivity index (χ4n) is 0.922.